The first-order valence-electron chi connectivity index (χ1n) is 8.83. The molecule has 0 unspecified atom stereocenters. The third kappa shape index (κ3) is 6.27. The minimum atomic E-state index is -0.365. The number of hydrogen-bond acceptors (Lipinski definition) is 3. The molecule has 0 saturated heterocycles. The summed E-state index contributed by atoms with van der Waals surface area (Å²) in [5.74, 6) is -0.756. The minimum absolute atomic E-state index is 0.0648. The van der Waals surface area contributed by atoms with E-state index in [1.54, 1.807) is 24.3 Å². The highest BCUT2D eigenvalue weighted by Gasteiger charge is 2.10. The summed E-state index contributed by atoms with van der Waals surface area (Å²) >= 11 is 12.5. The molecule has 0 aromatic heterocycles. The van der Waals surface area contributed by atoms with Gasteiger partial charge in [0.1, 0.15) is 18.2 Å². The van der Waals surface area contributed by atoms with Crippen LogP contribution in [0.1, 0.15) is 16.7 Å². The molecule has 0 fully saturated rings. The molecule has 30 heavy (non-hydrogen) atoms. The van der Waals surface area contributed by atoms with Gasteiger partial charge in [-0.15, -0.1) is 0 Å². The number of halogens is 4. The minimum Gasteiger partial charge on any atom is -0.486 e. The van der Waals surface area contributed by atoms with E-state index in [0.717, 1.165) is 5.56 Å². The van der Waals surface area contributed by atoms with Gasteiger partial charge in [-0.3, -0.25) is 4.79 Å². The maximum atomic E-state index is 13.0. The second kappa shape index (κ2) is 10.2. The fourth-order valence-corrected chi connectivity index (χ4v) is 3.15. The maximum Gasteiger partial charge on any atom is 0.244 e. The van der Waals surface area contributed by atoms with Crippen molar-refractivity contribution in [2.24, 2.45) is 5.10 Å². The molecule has 8 heteroatoms. The van der Waals surface area contributed by atoms with Gasteiger partial charge in [-0.1, -0.05) is 47.5 Å². The Bertz CT molecular complexity index is 1030. The summed E-state index contributed by atoms with van der Waals surface area (Å²) in [6, 6.07) is 14.7. The van der Waals surface area contributed by atoms with Crippen molar-refractivity contribution in [1.82, 2.24) is 5.43 Å². The first kappa shape index (κ1) is 21.7. The number of carbonyl (C=O) groups is 1. The molecule has 4 nitrogen and oxygen atoms in total. The zero-order valence-corrected chi connectivity index (χ0v) is 17.1. The van der Waals surface area contributed by atoms with Crippen LogP contribution in [0.2, 0.25) is 10.0 Å². The van der Waals surface area contributed by atoms with Crippen LogP contribution in [-0.2, 0) is 17.8 Å². The SMILES string of the molecule is O=C(Cc1ccc(F)cc1)N/N=C/c1cc(Cl)c(OCc2ccc(F)cc2)c(Cl)c1. The van der Waals surface area contributed by atoms with Crippen LogP contribution in [-0.4, -0.2) is 12.1 Å². The molecule has 3 aromatic carbocycles. The van der Waals surface area contributed by atoms with Crippen molar-refractivity contribution in [2.45, 2.75) is 13.0 Å². The largest absolute Gasteiger partial charge is 0.486 e. The lowest BCUT2D eigenvalue weighted by Gasteiger charge is -2.11. The Morgan fingerprint density at radius 1 is 0.933 bits per heavy atom. The molecule has 0 heterocycles. The Labute approximate surface area is 182 Å². The normalized spacial score (nSPS) is 10.9. The summed E-state index contributed by atoms with van der Waals surface area (Å²) in [6.07, 6.45) is 1.46. The van der Waals surface area contributed by atoms with Gasteiger partial charge < -0.3 is 4.74 Å². The number of carbonyl (C=O) groups excluding carboxylic acids is 1. The van der Waals surface area contributed by atoms with E-state index in [4.69, 9.17) is 27.9 Å². The van der Waals surface area contributed by atoms with Gasteiger partial charge >= 0.3 is 0 Å². The topological polar surface area (TPSA) is 50.7 Å². The van der Waals surface area contributed by atoms with Gasteiger partial charge in [0.25, 0.3) is 0 Å². The third-order valence-corrected chi connectivity index (χ3v) is 4.56. The first-order chi connectivity index (χ1) is 14.4. The lowest BCUT2D eigenvalue weighted by atomic mass is 10.1. The average molecular weight is 449 g/mol. The predicted molar refractivity (Wildman–Crippen MR) is 113 cm³/mol. The molecular weight excluding hydrogens is 433 g/mol. The smallest absolute Gasteiger partial charge is 0.244 e. The Balaban J connectivity index is 1.57. The Hall–Kier alpha value is -2.96. The summed E-state index contributed by atoms with van der Waals surface area (Å²) in [5, 5.41) is 4.41. The highest BCUT2D eigenvalue weighted by Crippen LogP contribution is 2.34. The van der Waals surface area contributed by atoms with Crippen molar-refractivity contribution < 1.29 is 18.3 Å². The fourth-order valence-electron chi connectivity index (χ4n) is 2.53. The van der Waals surface area contributed by atoms with Crippen LogP contribution in [0.4, 0.5) is 8.78 Å². The van der Waals surface area contributed by atoms with Crippen LogP contribution in [0.15, 0.2) is 65.8 Å². The number of ether oxygens (including phenoxy) is 1. The zero-order chi connectivity index (χ0) is 21.5. The molecule has 0 aliphatic carbocycles. The van der Waals surface area contributed by atoms with Crippen molar-refractivity contribution >= 4 is 35.3 Å². The molecule has 0 atom stereocenters. The molecule has 0 saturated carbocycles. The van der Waals surface area contributed by atoms with E-state index in [-0.39, 0.29) is 40.6 Å². The number of amides is 1. The number of hydrogen-bond donors (Lipinski definition) is 1. The van der Waals surface area contributed by atoms with Crippen molar-refractivity contribution in [2.75, 3.05) is 0 Å². The number of benzene rings is 3. The standard InChI is InChI=1S/C22H16Cl2F2N2O2/c23-19-9-16(12-27-28-21(29)11-14-1-5-17(25)6-2-14)10-20(24)22(19)30-13-15-3-7-18(26)8-4-15/h1-10,12H,11,13H2,(H,28,29)/b27-12+. The molecular formula is C22H16Cl2F2N2O2. The number of nitrogens with zero attached hydrogens (tertiary/aromatic N) is 1. The number of rotatable bonds is 7. The Morgan fingerprint density at radius 2 is 1.47 bits per heavy atom. The van der Waals surface area contributed by atoms with E-state index in [2.05, 4.69) is 10.5 Å². The molecule has 3 aromatic rings. The van der Waals surface area contributed by atoms with Gasteiger partial charge in [-0.05, 0) is 53.1 Å². The molecule has 154 valence electrons. The zero-order valence-electron chi connectivity index (χ0n) is 15.5. The van der Waals surface area contributed by atoms with Crippen LogP contribution in [0.3, 0.4) is 0 Å². The second-order valence-corrected chi connectivity index (χ2v) is 7.14. The van der Waals surface area contributed by atoms with E-state index in [1.165, 1.54) is 42.6 Å². The lowest BCUT2D eigenvalue weighted by molar-refractivity contribution is -0.120. The van der Waals surface area contributed by atoms with Crippen molar-refractivity contribution in [3.05, 3.63) is 99.0 Å². The van der Waals surface area contributed by atoms with Crippen LogP contribution in [0, 0.1) is 11.6 Å². The Morgan fingerprint density at radius 3 is 2.03 bits per heavy atom. The van der Waals surface area contributed by atoms with E-state index < -0.39 is 0 Å². The van der Waals surface area contributed by atoms with E-state index >= 15 is 0 Å². The van der Waals surface area contributed by atoms with Crippen LogP contribution in [0.5, 0.6) is 5.75 Å². The molecule has 0 bridgehead atoms. The second-order valence-electron chi connectivity index (χ2n) is 6.33. The van der Waals surface area contributed by atoms with Gasteiger partial charge in [0.05, 0.1) is 22.7 Å². The molecule has 0 radical (unpaired) electrons. The third-order valence-electron chi connectivity index (χ3n) is 4.00. The molecule has 0 spiro atoms. The number of nitrogens with one attached hydrogen (secondary N) is 1. The fraction of sp³-hybridized carbons (Fsp3) is 0.0909. The maximum absolute atomic E-state index is 13.0. The first-order valence-corrected chi connectivity index (χ1v) is 9.59. The van der Waals surface area contributed by atoms with E-state index in [0.29, 0.717) is 16.9 Å². The van der Waals surface area contributed by atoms with Gasteiger partial charge in [0.15, 0.2) is 5.75 Å². The quantitative estimate of drug-likeness (QED) is 0.380. The average Bonchev–Trinajstić information content (AvgIpc) is 2.70. The highest BCUT2D eigenvalue weighted by atomic mass is 35.5. The number of hydrazone groups is 1. The van der Waals surface area contributed by atoms with Crippen LogP contribution < -0.4 is 10.2 Å². The van der Waals surface area contributed by atoms with Crippen molar-refractivity contribution in [3.63, 3.8) is 0 Å². The van der Waals surface area contributed by atoms with E-state index in [9.17, 15) is 13.6 Å². The van der Waals surface area contributed by atoms with Crippen LogP contribution >= 0.6 is 23.2 Å². The predicted octanol–water partition coefficient (Wildman–Crippen LogP) is 5.54. The molecule has 1 amide bonds. The lowest BCUT2D eigenvalue weighted by Crippen LogP contribution is -2.19. The van der Waals surface area contributed by atoms with E-state index in [1.807, 2.05) is 0 Å². The summed E-state index contributed by atoms with van der Waals surface area (Å²) in [4.78, 5) is 11.9. The van der Waals surface area contributed by atoms with Gasteiger partial charge in [0.2, 0.25) is 5.91 Å². The Kier molecular flexibility index (Phi) is 7.38. The monoisotopic (exact) mass is 448 g/mol. The van der Waals surface area contributed by atoms with Gasteiger partial charge in [0, 0.05) is 0 Å². The summed E-state index contributed by atoms with van der Waals surface area (Å²) in [7, 11) is 0. The summed E-state index contributed by atoms with van der Waals surface area (Å²) in [6.45, 7) is 0.173. The molecule has 0 aliphatic heterocycles. The van der Waals surface area contributed by atoms with Crippen molar-refractivity contribution in [1.29, 1.82) is 0 Å². The van der Waals surface area contributed by atoms with Gasteiger partial charge in [-0.25, -0.2) is 14.2 Å². The summed E-state index contributed by atoms with van der Waals surface area (Å²) < 4.78 is 31.5. The molecule has 0 aliphatic rings. The molecule has 3 rings (SSSR count). The van der Waals surface area contributed by atoms with Gasteiger partial charge in [-0.2, -0.15) is 5.10 Å². The molecule has 1 N–H and O–H groups in total. The summed E-state index contributed by atoms with van der Waals surface area (Å²) in [5.41, 5.74) is 4.37. The van der Waals surface area contributed by atoms with Crippen molar-refractivity contribution in [3.8, 4) is 5.75 Å². The van der Waals surface area contributed by atoms with Crippen LogP contribution in [0.25, 0.3) is 0 Å². The highest BCUT2D eigenvalue weighted by molar-refractivity contribution is 6.37.